The Morgan fingerprint density at radius 1 is 0.906 bits per heavy atom. The van der Waals surface area contributed by atoms with E-state index in [0.717, 1.165) is 44.1 Å². The molecule has 5 rings (SSSR count). The van der Waals surface area contributed by atoms with Crippen molar-refractivity contribution >= 4 is 15.6 Å². The van der Waals surface area contributed by atoms with E-state index in [-0.39, 0.29) is 22.2 Å². The van der Waals surface area contributed by atoms with Gasteiger partial charge in [-0.2, -0.15) is 0 Å². The summed E-state index contributed by atoms with van der Waals surface area (Å²) in [6.07, 6.45) is 9.54. The molecule has 0 heterocycles. The van der Waals surface area contributed by atoms with Gasteiger partial charge in [-0.1, -0.05) is 38.5 Å². The topological polar surface area (TPSA) is 51.2 Å². The van der Waals surface area contributed by atoms with Crippen LogP contribution in [0.3, 0.4) is 0 Å². The van der Waals surface area contributed by atoms with Crippen LogP contribution in [0, 0.1) is 46.8 Å². The minimum Gasteiger partial charge on any atom is -0.300 e. The molecule has 0 aliphatic heterocycles. The van der Waals surface area contributed by atoms with Gasteiger partial charge in [0.2, 0.25) is 0 Å². The third-order valence-corrected chi connectivity index (χ3v) is 13.0. The number of rotatable bonds is 3. The van der Waals surface area contributed by atoms with Crippen LogP contribution in [0.15, 0.2) is 29.2 Å². The van der Waals surface area contributed by atoms with Gasteiger partial charge in [0.05, 0.1) is 10.6 Å². The molecule has 1 aromatic carbocycles. The van der Waals surface area contributed by atoms with Crippen molar-refractivity contribution in [2.75, 3.05) is 5.75 Å². The summed E-state index contributed by atoms with van der Waals surface area (Å²) in [5.74, 6) is 3.05. The molecular weight excluding hydrogens is 416 g/mol. The molecule has 4 heteroatoms. The van der Waals surface area contributed by atoms with Crippen LogP contribution in [0.4, 0.5) is 0 Å². The Morgan fingerprint density at radius 2 is 1.62 bits per heavy atom. The van der Waals surface area contributed by atoms with Crippen LogP contribution in [0.5, 0.6) is 0 Å². The minimum atomic E-state index is -3.26. The summed E-state index contributed by atoms with van der Waals surface area (Å²) in [5, 5.41) is 0. The summed E-state index contributed by atoms with van der Waals surface area (Å²) in [6.45, 7) is 9.29. The number of sulfone groups is 1. The summed E-state index contributed by atoms with van der Waals surface area (Å²) in [7, 11) is -3.26. The molecule has 7 unspecified atom stereocenters. The number of fused-ring (bicyclic) bond motifs is 5. The van der Waals surface area contributed by atoms with Gasteiger partial charge >= 0.3 is 0 Å². The van der Waals surface area contributed by atoms with Gasteiger partial charge in [0.15, 0.2) is 9.84 Å². The highest BCUT2D eigenvalue weighted by Crippen LogP contribution is 2.70. The maximum Gasteiger partial charge on any atom is 0.178 e. The van der Waals surface area contributed by atoms with E-state index in [2.05, 4.69) is 20.8 Å². The fraction of sp³-hybridized carbons (Fsp3) is 0.750. The van der Waals surface area contributed by atoms with E-state index in [0.29, 0.717) is 34.2 Å². The Morgan fingerprint density at radius 3 is 2.34 bits per heavy atom. The van der Waals surface area contributed by atoms with Crippen molar-refractivity contribution in [1.29, 1.82) is 0 Å². The minimum absolute atomic E-state index is 0.132. The molecule has 0 saturated heterocycles. The van der Waals surface area contributed by atoms with E-state index < -0.39 is 9.84 Å². The predicted molar refractivity (Wildman–Crippen MR) is 128 cm³/mol. The average molecular weight is 457 g/mol. The second-order valence-corrected chi connectivity index (χ2v) is 14.6. The first-order valence-electron chi connectivity index (χ1n) is 12.8. The average Bonchev–Trinajstić information content (AvgIpc) is 3.05. The SMILES string of the molecule is Cc1ccc(S(=O)(=O)CC2CCC3C4CCC5(C)CC(=O)CCC5(C)C4CCC23C)cc1. The van der Waals surface area contributed by atoms with Crippen LogP contribution in [0.1, 0.15) is 84.1 Å². The smallest absolute Gasteiger partial charge is 0.178 e. The Bertz CT molecular complexity index is 1010. The number of carbonyl (C=O) groups is 1. The van der Waals surface area contributed by atoms with Crippen LogP contribution in [-0.4, -0.2) is 20.0 Å². The zero-order valence-electron chi connectivity index (χ0n) is 20.3. The van der Waals surface area contributed by atoms with Crippen molar-refractivity contribution < 1.29 is 13.2 Å². The maximum absolute atomic E-state index is 13.3. The first-order valence-corrected chi connectivity index (χ1v) is 14.4. The van der Waals surface area contributed by atoms with Crippen molar-refractivity contribution in [3.63, 3.8) is 0 Å². The molecule has 4 aliphatic rings. The van der Waals surface area contributed by atoms with Crippen LogP contribution in [-0.2, 0) is 14.6 Å². The van der Waals surface area contributed by atoms with Crippen molar-refractivity contribution in [3.8, 4) is 0 Å². The Kier molecular flexibility index (Phi) is 5.24. The van der Waals surface area contributed by atoms with E-state index in [4.69, 9.17) is 0 Å². The first-order chi connectivity index (χ1) is 15.0. The zero-order valence-corrected chi connectivity index (χ0v) is 21.1. The zero-order chi connectivity index (χ0) is 22.9. The quantitative estimate of drug-likeness (QED) is 0.530. The van der Waals surface area contributed by atoms with Crippen molar-refractivity contribution in [3.05, 3.63) is 29.8 Å². The van der Waals surface area contributed by atoms with Gasteiger partial charge in [0, 0.05) is 12.8 Å². The number of aryl methyl sites for hydroxylation is 1. The normalized spacial score (nSPS) is 43.9. The van der Waals surface area contributed by atoms with Gasteiger partial charge in [0.25, 0.3) is 0 Å². The first kappa shape index (κ1) is 22.6. The van der Waals surface area contributed by atoms with E-state index in [1.165, 1.54) is 19.3 Å². The van der Waals surface area contributed by atoms with Crippen LogP contribution in [0.25, 0.3) is 0 Å². The summed E-state index contributed by atoms with van der Waals surface area (Å²) >= 11 is 0. The van der Waals surface area contributed by atoms with E-state index >= 15 is 0 Å². The van der Waals surface area contributed by atoms with Gasteiger partial charge in [-0.25, -0.2) is 8.42 Å². The Balaban J connectivity index is 1.38. The molecule has 0 bridgehead atoms. The van der Waals surface area contributed by atoms with Gasteiger partial charge in [-0.3, -0.25) is 4.79 Å². The lowest BCUT2D eigenvalue weighted by atomic mass is 9.40. The number of carbonyl (C=O) groups excluding carboxylic acids is 1. The molecule has 1 aromatic rings. The van der Waals surface area contributed by atoms with E-state index in [9.17, 15) is 13.2 Å². The second kappa shape index (κ2) is 7.42. The summed E-state index contributed by atoms with van der Waals surface area (Å²) in [4.78, 5) is 12.8. The number of hydrogen-bond acceptors (Lipinski definition) is 3. The largest absolute Gasteiger partial charge is 0.300 e. The summed E-state index contributed by atoms with van der Waals surface area (Å²) in [6, 6.07) is 7.38. The van der Waals surface area contributed by atoms with Crippen molar-refractivity contribution in [2.45, 2.75) is 90.4 Å². The molecule has 0 amide bonds. The van der Waals surface area contributed by atoms with Gasteiger partial charge in [-0.15, -0.1) is 0 Å². The number of hydrogen-bond donors (Lipinski definition) is 0. The Hall–Kier alpha value is -1.16. The molecule has 3 nitrogen and oxygen atoms in total. The van der Waals surface area contributed by atoms with Crippen LogP contribution >= 0.6 is 0 Å². The molecule has 0 aromatic heterocycles. The molecule has 4 saturated carbocycles. The molecule has 0 spiro atoms. The molecule has 4 fully saturated rings. The van der Waals surface area contributed by atoms with Gasteiger partial charge in [-0.05, 0) is 104 Å². The lowest BCUT2D eigenvalue weighted by Gasteiger charge is -2.64. The molecule has 0 N–H and O–H groups in total. The van der Waals surface area contributed by atoms with Crippen LogP contribution < -0.4 is 0 Å². The lowest BCUT2D eigenvalue weighted by Crippen LogP contribution is -2.57. The van der Waals surface area contributed by atoms with Gasteiger partial charge in [0.1, 0.15) is 5.78 Å². The highest BCUT2D eigenvalue weighted by molar-refractivity contribution is 7.91. The number of ketones is 1. The molecule has 4 aliphatic carbocycles. The highest BCUT2D eigenvalue weighted by atomic mass is 32.2. The monoisotopic (exact) mass is 456 g/mol. The summed E-state index contributed by atoms with van der Waals surface area (Å²) < 4.78 is 26.6. The Labute approximate surface area is 194 Å². The molecule has 176 valence electrons. The van der Waals surface area contributed by atoms with Gasteiger partial charge < -0.3 is 0 Å². The molecule has 0 radical (unpaired) electrons. The predicted octanol–water partition coefficient (Wildman–Crippen LogP) is 6.39. The number of benzene rings is 1. The third-order valence-electron chi connectivity index (χ3n) is 11.2. The number of Topliss-reactive ketones (excluding diaryl/α,β-unsaturated/α-hetero) is 1. The third kappa shape index (κ3) is 3.26. The standard InChI is InChI=1S/C28H40O3S/c1-19-5-8-22(9-6-19)32(30,31)18-20-7-10-24-23-12-14-26(2)17-21(29)11-16-28(26,4)25(23)13-15-27(20,24)3/h5-6,8-9,20,23-25H,7,10-18H2,1-4H3. The van der Waals surface area contributed by atoms with Crippen molar-refractivity contribution in [2.24, 2.45) is 39.9 Å². The van der Waals surface area contributed by atoms with Crippen molar-refractivity contribution in [1.82, 2.24) is 0 Å². The summed E-state index contributed by atoms with van der Waals surface area (Å²) in [5.41, 5.74) is 1.65. The molecule has 7 atom stereocenters. The molecular formula is C28H40O3S. The second-order valence-electron chi connectivity index (χ2n) is 12.5. The van der Waals surface area contributed by atoms with E-state index in [1.807, 2.05) is 19.1 Å². The molecule has 32 heavy (non-hydrogen) atoms. The van der Waals surface area contributed by atoms with Crippen LogP contribution in [0.2, 0.25) is 0 Å². The maximum atomic E-state index is 13.3. The highest BCUT2D eigenvalue weighted by Gasteiger charge is 2.63. The lowest BCUT2D eigenvalue weighted by molar-refractivity contribution is -0.162. The fourth-order valence-electron chi connectivity index (χ4n) is 8.89. The van der Waals surface area contributed by atoms with E-state index in [1.54, 1.807) is 12.1 Å². The fourth-order valence-corrected chi connectivity index (χ4v) is 10.7.